The standard InChI is InChI=1S/C22H31N5O/c1-3-4-17-6-13-27(14-7-17)19-5-11-23-20(15-19)21(28)24-22(9-10-22)16-18-8-12-26(2)25-18/h5,8,11-12,15,17H,3-4,6-7,9-10,13-14,16H2,1-2H3,(H,24,28). The minimum absolute atomic E-state index is 0.0730. The Balaban J connectivity index is 1.38. The maximum Gasteiger partial charge on any atom is 0.270 e. The van der Waals surface area contributed by atoms with Crippen molar-refractivity contribution in [2.75, 3.05) is 18.0 Å². The highest BCUT2D eigenvalue weighted by molar-refractivity contribution is 5.94. The molecule has 4 rings (SSSR count). The fraction of sp³-hybridized carbons (Fsp3) is 0.591. The van der Waals surface area contributed by atoms with Gasteiger partial charge in [-0.15, -0.1) is 0 Å². The lowest BCUT2D eigenvalue weighted by molar-refractivity contribution is 0.0926. The van der Waals surface area contributed by atoms with Gasteiger partial charge < -0.3 is 10.2 Å². The number of carbonyl (C=O) groups excluding carboxylic acids is 1. The third-order valence-corrected chi connectivity index (χ3v) is 6.17. The fourth-order valence-electron chi connectivity index (χ4n) is 4.33. The summed E-state index contributed by atoms with van der Waals surface area (Å²) in [5.74, 6) is 0.781. The summed E-state index contributed by atoms with van der Waals surface area (Å²) in [6, 6.07) is 6.00. The number of amides is 1. The summed E-state index contributed by atoms with van der Waals surface area (Å²) in [6.45, 7) is 4.40. The van der Waals surface area contributed by atoms with Gasteiger partial charge in [-0.25, -0.2) is 0 Å². The third kappa shape index (κ3) is 4.37. The molecule has 3 heterocycles. The number of hydrogen-bond acceptors (Lipinski definition) is 4. The smallest absolute Gasteiger partial charge is 0.270 e. The quantitative estimate of drug-likeness (QED) is 0.799. The van der Waals surface area contributed by atoms with Gasteiger partial charge >= 0.3 is 0 Å². The molecular weight excluding hydrogens is 350 g/mol. The Bertz CT molecular complexity index is 818. The summed E-state index contributed by atoms with van der Waals surface area (Å²) >= 11 is 0. The molecule has 1 saturated carbocycles. The second kappa shape index (κ2) is 7.94. The first-order chi connectivity index (χ1) is 13.6. The second-order valence-electron chi connectivity index (χ2n) is 8.51. The van der Waals surface area contributed by atoms with Gasteiger partial charge in [-0.2, -0.15) is 5.10 Å². The summed E-state index contributed by atoms with van der Waals surface area (Å²) in [5.41, 5.74) is 2.50. The lowest BCUT2D eigenvalue weighted by Gasteiger charge is -2.33. The van der Waals surface area contributed by atoms with Crippen molar-refractivity contribution in [3.05, 3.63) is 42.0 Å². The first-order valence-electron chi connectivity index (χ1n) is 10.6. The molecule has 2 aliphatic rings. The minimum atomic E-state index is -0.151. The van der Waals surface area contributed by atoms with Gasteiger partial charge in [-0.1, -0.05) is 19.8 Å². The van der Waals surface area contributed by atoms with Gasteiger partial charge in [-0.3, -0.25) is 14.5 Å². The molecule has 2 aromatic heterocycles. The average Bonchev–Trinajstić information content (AvgIpc) is 3.33. The molecule has 0 unspecified atom stereocenters. The summed E-state index contributed by atoms with van der Waals surface area (Å²) in [7, 11) is 1.92. The molecule has 1 saturated heterocycles. The molecule has 2 fully saturated rings. The summed E-state index contributed by atoms with van der Waals surface area (Å²) in [6.07, 6.45) is 11.6. The van der Waals surface area contributed by atoms with Crippen LogP contribution in [0.15, 0.2) is 30.6 Å². The van der Waals surface area contributed by atoms with E-state index in [1.807, 2.05) is 36.1 Å². The normalized spacial score (nSPS) is 18.9. The van der Waals surface area contributed by atoms with Crippen LogP contribution in [0.25, 0.3) is 0 Å². The SMILES string of the molecule is CCCC1CCN(c2ccnc(C(=O)NC3(Cc4ccn(C)n4)CC3)c2)CC1. The highest BCUT2D eigenvalue weighted by Crippen LogP contribution is 2.38. The average molecular weight is 382 g/mol. The molecule has 6 heteroatoms. The molecule has 1 aliphatic carbocycles. The molecule has 0 radical (unpaired) electrons. The van der Waals surface area contributed by atoms with E-state index in [-0.39, 0.29) is 11.4 Å². The van der Waals surface area contributed by atoms with Crippen molar-refractivity contribution < 1.29 is 4.79 Å². The minimum Gasteiger partial charge on any atom is -0.371 e. The van der Waals surface area contributed by atoms with E-state index in [1.165, 1.54) is 25.7 Å². The largest absolute Gasteiger partial charge is 0.371 e. The molecule has 2 aromatic rings. The molecule has 0 aromatic carbocycles. The first-order valence-corrected chi connectivity index (χ1v) is 10.6. The summed E-state index contributed by atoms with van der Waals surface area (Å²) < 4.78 is 1.81. The Labute approximate surface area is 167 Å². The third-order valence-electron chi connectivity index (χ3n) is 6.17. The Hall–Kier alpha value is -2.37. The Morgan fingerprint density at radius 3 is 2.71 bits per heavy atom. The lowest BCUT2D eigenvalue weighted by atomic mass is 9.92. The van der Waals surface area contributed by atoms with Gasteiger partial charge in [-0.05, 0) is 49.8 Å². The van der Waals surface area contributed by atoms with Crippen LogP contribution in [-0.4, -0.2) is 39.3 Å². The van der Waals surface area contributed by atoms with Crippen LogP contribution < -0.4 is 10.2 Å². The van der Waals surface area contributed by atoms with Crippen LogP contribution >= 0.6 is 0 Å². The van der Waals surface area contributed by atoms with E-state index in [2.05, 4.69) is 27.2 Å². The number of anilines is 1. The van der Waals surface area contributed by atoms with E-state index in [9.17, 15) is 4.79 Å². The summed E-state index contributed by atoms with van der Waals surface area (Å²) in [4.78, 5) is 19.6. The molecule has 6 nitrogen and oxygen atoms in total. The van der Waals surface area contributed by atoms with E-state index in [0.717, 1.165) is 49.7 Å². The van der Waals surface area contributed by atoms with Crippen molar-refractivity contribution >= 4 is 11.6 Å². The van der Waals surface area contributed by atoms with Gasteiger partial charge in [0, 0.05) is 50.2 Å². The molecule has 1 aliphatic heterocycles. The molecule has 0 atom stereocenters. The van der Waals surface area contributed by atoms with E-state index in [1.54, 1.807) is 6.20 Å². The number of aryl methyl sites for hydroxylation is 1. The van der Waals surface area contributed by atoms with Crippen molar-refractivity contribution in [2.24, 2.45) is 13.0 Å². The number of carbonyl (C=O) groups is 1. The monoisotopic (exact) mass is 381 g/mol. The van der Waals surface area contributed by atoms with Crippen LogP contribution in [0.5, 0.6) is 0 Å². The highest BCUT2D eigenvalue weighted by Gasteiger charge is 2.44. The van der Waals surface area contributed by atoms with Gasteiger partial charge in [0.25, 0.3) is 5.91 Å². The molecule has 0 spiro atoms. The van der Waals surface area contributed by atoms with Gasteiger partial charge in [0.15, 0.2) is 0 Å². The molecule has 150 valence electrons. The number of nitrogens with zero attached hydrogens (tertiary/aromatic N) is 4. The zero-order valence-electron chi connectivity index (χ0n) is 17.0. The zero-order valence-corrected chi connectivity index (χ0v) is 17.0. The highest BCUT2D eigenvalue weighted by atomic mass is 16.2. The van der Waals surface area contributed by atoms with Gasteiger partial charge in [0.1, 0.15) is 5.69 Å². The first kappa shape index (κ1) is 19.0. The Morgan fingerprint density at radius 1 is 1.29 bits per heavy atom. The van der Waals surface area contributed by atoms with Crippen LogP contribution in [0.3, 0.4) is 0 Å². The van der Waals surface area contributed by atoms with Crippen molar-refractivity contribution in [3.63, 3.8) is 0 Å². The topological polar surface area (TPSA) is 63.1 Å². The maximum atomic E-state index is 12.9. The van der Waals surface area contributed by atoms with Crippen LogP contribution in [0, 0.1) is 5.92 Å². The molecule has 1 amide bonds. The Morgan fingerprint density at radius 2 is 2.07 bits per heavy atom. The predicted molar refractivity (Wildman–Crippen MR) is 110 cm³/mol. The van der Waals surface area contributed by atoms with Crippen LogP contribution in [0.2, 0.25) is 0 Å². The van der Waals surface area contributed by atoms with E-state index >= 15 is 0 Å². The number of piperidine rings is 1. The van der Waals surface area contributed by atoms with Crippen LogP contribution in [-0.2, 0) is 13.5 Å². The van der Waals surface area contributed by atoms with Crippen LogP contribution in [0.4, 0.5) is 5.69 Å². The van der Waals surface area contributed by atoms with E-state index in [4.69, 9.17) is 0 Å². The van der Waals surface area contributed by atoms with Gasteiger partial charge in [0.05, 0.1) is 5.69 Å². The van der Waals surface area contributed by atoms with Crippen molar-refractivity contribution in [2.45, 2.75) is 57.4 Å². The lowest BCUT2D eigenvalue weighted by Crippen LogP contribution is -2.39. The summed E-state index contributed by atoms with van der Waals surface area (Å²) in [5, 5.41) is 7.68. The van der Waals surface area contributed by atoms with Crippen molar-refractivity contribution in [1.82, 2.24) is 20.1 Å². The molecule has 28 heavy (non-hydrogen) atoms. The number of pyridine rings is 1. The number of rotatable bonds is 7. The number of nitrogens with one attached hydrogen (secondary N) is 1. The predicted octanol–water partition coefficient (Wildman–Crippen LogP) is 3.34. The van der Waals surface area contributed by atoms with Crippen LogP contribution in [0.1, 0.15) is 61.6 Å². The second-order valence-corrected chi connectivity index (χ2v) is 8.51. The van der Waals surface area contributed by atoms with Crippen molar-refractivity contribution in [1.29, 1.82) is 0 Å². The molecule has 1 N–H and O–H groups in total. The molecule has 0 bridgehead atoms. The molecular formula is C22H31N5O. The van der Waals surface area contributed by atoms with Crippen molar-refractivity contribution in [3.8, 4) is 0 Å². The maximum absolute atomic E-state index is 12.9. The number of aromatic nitrogens is 3. The fourth-order valence-corrected chi connectivity index (χ4v) is 4.33. The Kier molecular flexibility index (Phi) is 5.38. The van der Waals surface area contributed by atoms with E-state index in [0.29, 0.717) is 5.69 Å². The number of hydrogen-bond donors (Lipinski definition) is 1. The van der Waals surface area contributed by atoms with E-state index < -0.39 is 0 Å². The zero-order chi connectivity index (χ0) is 19.6. The van der Waals surface area contributed by atoms with Gasteiger partial charge in [0.2, 0.25) is 0 Å².